The Morgan fingerprint density at radius 2 is 1.50 bits per heavy atom. The molecule has 0 aliphatic carbocycles. The van der Waals surface area contributed by atoms with Gasteiger partial charge in [0.15, 0.2) is 0 Å². The minimum absolute atomic E-state index is 0.955. The summed E-state index contributed by atoms with van der Waals surface area (Å²) in [6.45, 7) is 4.26. The van der Waals surface area contributed by atoms with Crippen LogP contribution in [0.3, 0.4) is 0 Å². The van der Waals surface area contributed by atoms with Gasteiger partial charge in [0.25, 0.3) is 0 Å². The van der Waals surface area contributed by atoms with Crippen molar-refractivity contribution in [2.45, 2.75) is 13.8 Å². The van der Waals surface area contributed by atoms with Gasteiger partial charge in [-0.1, -0.05) is 48.5 Å². The molecule has 2 aromatic carbocycles. The SMILES string of the molecule is Cc1cccc(-c2cc(-c3ccccc3)ncn2)c1C. The van der Waals surface area contributed by atoms with E-state index in [2.05, 4.69) is 60.2 Å². The minimum Gasteiger partial charge on any atom is -0.236 e. The molecule has 0 amide bonds. The van der Waals surface area contributed by atoms with Crippen molar-refractivity contribution < 1.29 is 0 Å². The molecule has 98 valence electrons. The van der Waals surface area contributed by atoms with Gasteiger partial charge in [0.05, 0.1) is 11.4 Å². The van der Waals surface area contributed by atoms with Crippen molar-refractivity contribution in [3.05, 3.63) is 72.1 Å². The van der Waals surface area contributed by atoms with Gasteiger partial charge in [-0.2, -0.15) is 0 Å². The van der Waals surface area contributed by atoms with E-state index < -0.39 is 0 Å². The number of hydrogen-bond acceptors (Lipinski definition) is 2. The van der Waals surface area contributed by atoms with Crippen molar-refractivity contribution in [1.29, 1.82) is 0 Å². The number of aryl methyl sites for hydroxylation is 1. The van der Waals surface area contributed by atoms with Gasteiger partial charge in [-0.15, -0.1) is 0 Å². The number of rotatable bonds is 2. The lowest BCUT2D eigenvalue weighted by molar-refractivity contribution is 1.17. The highest BCUT2D eigenvalue weighted by molar-refractivity contribution is 5.70. The molecule has 3 rings (SSSR count). The number of hydrogen-bond donors (Lipinski definition) is 0. The van der Waals surface area contributed by atoms with Gasteiger partial charge in [-0.3, -0.25) is 0 Å². The predicted molar refractivity (Wildman–Crippen MR) is 82.4 cm³/mol. The van der Waals surface area contributed by atoms with Crippen LogP contribution in [0.25, 0.3) is 22.5 Å². The van der Waals surface area contributed by atoms with Crippen molar-refractivity contribution in [2.75, 3.05) is 0 Å². The molecular weight excluding hydrogens is 244 g/mol. The molecule has 20 heavy (non-hydrogen) atoms. The first-order valence-corrected chi connectivity index (χ1v) is 6.70. The molecule has 2 nitrogen and oxygen atoms in total. The van der Waals surface area contributed by atoms with Gasteiger partial charge in [0, 0.05) is 11.1 Å². The summed E-state index contributed by atoms with van der Waals surface area (Å²) in [4.78, 5) is 8.80. The van der Waals surface area contributed by atoms with E-state index in [0.717, 1.165) is 17.0 Å². The molecule has 0 saturated heterocycles. The van der Waals surface area contributed by atoms with Crippen LogP contribution in [0.15, 0.2) is 60.9 Å². The lowest BCUT2D eigenvalue weighted by atomic mass is 10.00. The van der Waals surface area contributed by atoms with Gasteiger partial charge in [0.1, 0.15) is 6.33 Å². The number of aromatic nitrogens is 2. The normalized spacial score (nSPS) is 10.5. The predicted octanol–water partition coefficient (Wildman–Crippen LogP) is 4.43. The van der Waals surface area contributed by atoms with Crippen molar-refractivity contribution in [2.24, 2.45) is 0 Å². The van der Waals surface area contributed by atoms with E-state index in [1.807, 2.05) is 18.2 Å². The fraction of sp³-hybridized carbons (Fsp3) is 0.111. The Morgan fingerprint density at radius 1 is 0.750 bits per heavy atom. The van der Waals surface area contributed by atoms with Crippen molar-refractivity contribution in [3.63, 3.8) is 0 Å². The van der Waals surface area contributed by atoms with E-state index in [4.69, 9.17) is 0 Å². The highest BCUT2D eigenvalue weighted by atomic mass is 14.8. The second-order valence-corrected chi connectivity index (χ2v) is 4.90. The molecule has 0 radical (unpaired) electrons. The van der Waals surface area contributed by atoms with E-state index in [0.29, 0.717) is 0 Å². The molecule has 1 aromatic heterocycles. The van der Waals surface area contributed by atoms with Crippen LogP contribution >= 0.6 is 0 Å². The quantitative estimate of drug-likeness (QED) is 0.681. The fourth-order valence-corrected chi connectivity index (χ4v) is 2.30. The first-order valence-electron chi connectivity index (χ1n) is 6.70. The lowest BCUT2D eigenvalue weighted by Gasteiger charge is -2.09. The second-order valence-electron chi connectivity index (χ2n) is 4.90. The van der Waals surface area contributed by atoms with E-state index in [1.54, 1.807) is 6.33 Å². The van der Waals surface area contributed by atoms with Gasteiger partial charge in [0.2, 0.25) is 0 Å². The monoisotopic (exact) mass is 260 g/mol. The van der Waals surface area contributed by atoms with Gasteiger partial charge in [-0.05, 0) is 31.0 Å². The van der Waals surface area contributed by atoms with Crippen LogP contribution in [0.1, 0.15) is 11.1 Å². The zero-order chi connectivity index (χ0) is 13.9. The molecule has 0 atom stereocenters. The molecule has 0 unspecified atom stereocenters. The summed E-state index contributed by atoms with van der Waals surface area (Å²) in [6.07, 6.45) is 1.64. The van der Waals surface area contributed by atoms with Crippen molar-refractivity contribution in [3.8, 4) is 22.5 Å². The average Bonchev–Trinajstić information content (AvgIpc) is 2.51. The molecule has 1 heterocycles. The molecule has 0 aliphatic heterocycles. The smallest absolute Gasteiger partial charge is 0.116 e. The van der Waals surface area contributed by atoms with E-state index in [-0.39, 0.29) is 0 Å². The van der Waals surface area contributed by atoms with Crippen LogP contribution in [0.4, 0.5) is 0 Å². The molecular formula is C18H16N2. The number of nitrogens with zero attached hydrogens (tertiary/aromatic N) is 2. The fourth-order valence-electron chi connectivity index (χ4n) is 2.30. The first kappa shape index (κ1) is 12.5. The summed E-state index contributed by atoms with van der Waals surface area (Å²) < 4.78 is 0. The van der Waals surface area contributed by atoms with Crippen LogP contribution in [-0.2, 0) is 0 Å². The van der Waals surface area contributed by atoms with Crippen LogP contribution in [-0.4, -0.2) is 9.97 Å². The van der Waals surface area contributed by atoms with Gasteiger partial charge < -0.3 is 0 Å². The zero-order valence-corrected chi connectivity index (χ0v) is 11.7. The minimum atomic E-state index is 0.955. The van der Waals surface area contributed by atoms with E-state index in [1.165, 1.54) is 16.7 Å². The molecule has 0 fully saturated rings. The first-order chi connectivity index (χ1) is 9.75. The van der Waals surface area contributed by atoms with E-state index >= 15 is 0 Å². The molecule has 0 saturated carbocycles. The average molecular weight is 260 g/mol. The molecule has 2 heteroatoms. The third-order valence-corrected chi connectivity index (χ3v) is 3.62. The largest absolute Gasteiger partial charge is 0.236 e. The highest BCUT2D eigenvalue weighted by Gasteiger charge is 2.07. The Kier molecular flexibility index (Phi) is 3.30. The second kappa shape index (κ2) is 5.25. The summed E-state index contributed by atoms with van der Waals surface area (Å²) in [6, 6.07) is 18.5. The highest BCUT2D eigenvalue weighted by Crippen LogP contribution is 2.26. The summed E-state index contributed by atoms with van der Waals surface area (Å²) in [7, 11) is 0. The Morgan fingerprint density at radius 3 is 2.30 bits per heavy atom. The Hall–Kier alpha value is -2.48. The molecule has 3 aromatic rings. The molecule has 0 N–H and O–H groups in total. The third-order valence-electron chi connectivity index (χ3n) is 3.62. The maximum absolute atomic E-state index is 4.43. The van der Waals surface area contributed by atoms with Crippen LogP contribution in [0.2, 0.25) is 0 Å². The van der Waals surface area contributed by atoms with Crippen LogP contribution in [0.5, 0.6) is 0 Å². The van der Waals surface area contributed by atoms with E-state index in [9.17, 15) is 0 Å². The summed E-state index contributed by atoms with van der Waals surface area (Å²) in [5.74, 6) is 0. The zero-order valence-electron chi connectivity index (χ0n) is 11.7. The molecule has 0 bridgehead atoms. The standard InChI is InChI=1S/C18H16N2/c1-13-7-6-10-16(14(13)2)18-11-17(19-12-20-18)15-8-4-3-5-9-15/h3-12H,1-2H3. The molecule has 0 aliphatic rings. The topological polar surface area (TPSA) is 25.8 Å². The lowest BCUT2D eigenvalue weighted by Crippen LogP contribution is -1.92. The maximum atomic E-state index is 4.43. The Balaban J connectivity index is 2.10. The Labute approximate surface area is 119 Å². The maximum Gasteiger partial charge on any atom is 0.116 e. The van der Waals surface area contributed by atoms with Gasteiger partial charge >= 0.3 is 0 Å². The van der Waals surface area contributed by atoms with Crippen molar-refractivity contribution in [1.82, 2.24) is 9.97 Å². The Bertz CT molecular complexity index is 733. The van der Waals surface area contributed by atoms with Crippen molar-refractivity contribution >= 4 is 0 Å². The van der Waals surface area contributed by atoms with Gasteiger partial charge in [-0.25, -0.2) is 9.97 Å². The van der Waals surface area contributed by atoms with Crippen LogP contribution < -0.4 is 0 Å². The summed E-state index contributed by atoms with van der Waals surface area (Å²) in [5.41, 5.74) is 6.76. The number of benzene rings is 2. The van der Waals surface area contributed by atoms with Crippen LogP contribution in [0, 0.1) is 13.8 Å². The summed E-state index contributed by atoms with van der Waals surface area (Å²) in [5, 5.41) is 0. The third kappa shape index (κ3) is 2.32. The summed E-state index contributed by atoms with van der Waals surface area (Å²) >= 11 is 0. The molecule has 0 spiro atoms.